The van der Waals surface area contributed by atoms with Crippen LogP contribution in [0.4, 0.5) is 0 Å². The highest BCUT2D eigenvalue weighted by Gasteiger charge is 2.29. The predicted molar refractivity (Wildman–Crippen MR) is 246 cm³/mol. The van der Waals surface area contributed by atoms with Gasteiger partial charge in [-0.3, -0.25) is 0 Å². The minimum absolute atomic E-state index is 0.130. The summed E-state index contributed by atoms with van der Waals surface area (Å²) in [6.07, 6.45) is 1.70. The van der Waals surface area contributed by atoms with Crippen LogP contribution in [0.1, 0.15) is 175 Å². The van der Waals surface area contributed by atoms with E-state index < -0.39 is 33.3 Å². The number of benzene rings is 3. The van der Waals surface area contributed by atoms with Gasteiger partial charge in [-0.1, -0.05) is 143 Å². The molecule has 3 N–H and O–H groups in total. The van der Waals surface area contributed by atoms with Crippen molar-refractivity contribution in [2.24, 2.45) is 16.2 Å². The average Bonchev–Trinajstić information content (AvgIpc) is 3.03. The number of hydrogen-bond donors (Lipinski definition) is 3. The molecule has 0 saturated heterocycles. The molecule has 330 valence electrons. The summed E-state index contributed by atoms with van der Waals surface area (Å²) in [5.74, 6) is 0.617. The molecule has 9 heteroatoms. The summed E-state index contributed by atoms with van der Waals surface area (Å²) < 4.78 is 3.39. The van der Waals surface area contributed by atoms with Crippen LogP contribution in [0.5, 0.6) is 17.2 Å². The summed E-state index contributed by atoms with van der Waals surface area (Å²) in [6, 6.07) is 11.2. The molecule has 0 aliphatic carbocycles. The van der Waals surface area contributed by atoms with Gasteiger partial charge in [0, 0.05) is 0 Å². The van der Waals surface area contributed by atoms with Crippen molar-refractivity contribution in [2.45, 2.75) is 180 Å². The fourth-order valence-corrected chi connectivity index (χ4v) is 8.03. The van der Waals surface area contributed by atoms with Crippen LogP contribution in [0.15, 0.2) is 50.8 Å². The number of aromatic hydroxyl groups is 3. The fraction of sp³-hybridized carbons (Fsp3) is 0.588. The van der Waals surface area contributed by atoms with Gasteiger partial charge in [0.15, 0.2) is 0 Å². The van der Waals surface area contributed by atoms with Gasteiger partial charge < -0.3 is 15.3 Å². The van der Waals surface area contributed by atoms with Crippen LogP contribution in [0.25, 0.3) is 0 Å². The lowest BCUT2D eigenvalue weighted by atomic mass is 9.80. The lowest BCUT2D eigenvalue weighted by Crippen LogP contribution is -2.54. The van der Waals surface area contributed by atoms with Gasteiger partial charge in [0.2, 0.25) is 0 Å². The molecule has 4 rings (SSSR count). The molecule has 0 radical (unpaired) electrons. The SMILES string of the molecule is CC(C)(C)Cc1cc(Cn2c(=O)n(Cc3cc(CC(C)(C)C)c(O)c(C(C)(C)C)c3)c(=O)n(Cc3cc(CC(C)(C)C)c(O)c(C(C)(C)C)c3)c2=O)cc(C(C)(C)C)c1O. The molecule has 1 heterocycles. The molecular formula is C51H75N3O6. The third kappa shape index (κ3) is 11.6. The standard InChI is InChI=1S/C51H75N3O6/c1-46(2,3)25-34-19-31(22-37(40(34)55)49(10,11)12)28-52-43(58)53(29-32-20-35(26-47(4,5)6)41(56)38(23-32)50(13,14)15)45(60)54(44(52)59)30-33-21-36(27-48(7,8)9)42(57)39(24-33)51(16,17)18/h19-24,55-57H,25-30H2,1-18H3. The van der Waals surface area contributed by atoms with E-state index in [4.69, 9.17) is 0 Å². The molecule has 0 saturated carbocycles. The molecule has 0 bridgehead atoms. The minimum Gasteiger partial charge on any atom is -0.507 e. The Balaban J connectivity index is 2.09. The first-order chi connectivity index (χ1) is 27.0. The Labute approximate surface area is 359 Å². The highest BCUT2D eigenvalue weighted by atomic mass is 16.3. The Hall–Kier alpha value is -4.53. The highest BCUT2D eigenvalue weighted by Crippen LogP contribution is 2.40. The zero-order chi connectivity index (χ0) is 45.9. The van der Waals surface area contributed by atoms with Crippen LogP contribution in [0, 0.1) is 16.2 Å². The molecular weight excluding hydrogens is 751 g/mol. The Morgan fingerprint density at radius 3 is 0.733 bits per heavy atom. The first-order valence-electron chi connectivity index (χ1n) is 21.5. The maximum atomic E-state index is 14.8. The number of nitrogens with zero attached hydrogens (tertiary/aromatic N) is 3. The number of phenolic OH excluding ortho intramolecular Hbond substituents is 3. The van der Waals surface area contributed by atoms with Gasteiger partial charge in [0.05, 0.1) is 19.6 Å². The van der Waals surface area contributed by atoms with E-state index in [0.717, 1.165) is 30.4 Å². The van der Waals surface area contributed by atoms with E-state index in [-0.39, 0.29) is 53.1 Å². The van der Waals surface area contributed by atoms with Gasteiger partial charge in [0.25, 0.3) is 0 Å². The quantitative estimate of drug-likeness (QED) is 0.154. The van der Waals surface area contributed by atoms with Crippen molar-refractivity contribution >= 4 is 0 Å². The van der Waals surface area contributed by atoms with Crippen molar-refractivity contribution < 1.29 is 15.3 Å². The second-order valence-corrected chi connectivity index (χ2v) is 24.0. The summed E-state index contributed by atoms with van der Waals surface area (Å²) in [5.41, 5.74) is 2.20. The molecule has 1 aromatic heterocycles. The zero-order valence-corrected chi connectivity index (χ0v) is 40.1. The zero-order valence-electron chi connectivity index (χ0n) is 40.1. The van der Waals surface area contributed by atoms with Gasteiger partial charge in [-0.15, -0.1) is 0 Å². The molecule has 0 amide bonds. The monoisotopic (exact) mass is 826 g/mol. The minimum atomic E-state index is -0.749. The van der Waals surface area contributed by atoms with E-state index in [0.29, 0.717) is 52.6 Å². The van der Waals surface area contributed by atoms with Crippen molar-refractivity contribution in [3.63, 3.8) is 0 Å². The summed E-state index contributed by atoms with van der Waals surface area (Å²) in [7, 11) is 0. The van der Waals surface area contributed by atoms with Gasteiger partial charge in [-0.2, -0.15) is 0 Å². The highest BCUT2D eigenvalue weighted by molar-refractivity contribution is 5.50. The van der Waals surface area contributed by atoms with Gasteiger partial charge in [-0.25, -0.2) is 28.1 Å². The van der Waals surface area contributed by atoms with Crippen molar-refractivity contribution in [2.75, 3.05) is 0 Å². The Kier molecular flexibility index (Phi) is 13.2. The van der Waals surface area contributed by atoms with Crippen molar-refractivity contribution in [3.8, 4) is 17.2 Å². The first-order valence-corrected chi connectivity index (χ1v) is 21.5. The maximum Gasteiger partial charge on any atom is 0.336 e. The topological polar surface area (TPSA) is 127 Å². The van der Waals surface area contributed by atoms with Crippen molar-refractivity contribution in [3.05, 3.63) is 118 Å². The van der Waals surface area contributed by atoms with Gasteiger partial charge in [-0.05, 0) is 120 Å². The van der Waals surface area contributed by atoms with E-state index >= 15 is 0 Å². The summed E-state index contributed by atoms with van der Waals surface area (Å²) in [5, 5.41) is 34.5. The van der Waals surface area contributed by atoms with Crippen LogP contribution in [0.3, 0.4) is 0 Å². The Morgan fingerprint density at radius 2 is 0.567 bits per heavy atom. The molecule has 0 unspecified atom stereocenters. The third-order valence-electron chi connectivity index (χ3n) is 10.7. The molecule has 3 aromatic carbocycles. The van der Waals surface area contributed by atoms with E-state index in [9.17, 15) is 29.7 Å². The number of aromatic nitrogens is 3. The molecule has 0 aliphatic heterocycles. The molecule has 0 spiro atoms. The summed E-state index contributed by atoms with van der Waals surface area (Å²) in [4.78, 5) is 44.3. The van der Waals surface area contributed by atoms with E-state index in [1.54, 1.807) is 0 Å². The van der Waals surface area contributed by atoms with Gasteiger partial charge in [0.1, 0.15) is 17.2 Å². The van der Waals surface area contributed by atoms with E-state index in [1.165, 1.54) is 0 Å². The molecule has 0 atom stereocenters. The average molecular weight is 826 g/mol. The lowest BCUT2D eigenvalue weighted by molar-refractivity contribution is 0.387. The smallest absolute Gasteiger partial charge is 0.336 e. The Morgan fingerprint density at radius 1 is 0.367 bits per heavy atom. The van der Waals surface area contributed by atoms with E-state index in [2.05, 4.69) is 62.3 Å². The molecule has 0 fully saturated rings. The number of hydrogen-bond acceptors (Lipinski definition) is 6. The van der Waals surface area contributed by atoms with Crippen LogP contribution >= 0.6 is 0 Å². The third-order valence-corrected chi connectivity index (χ3v) is 10.7. The molecule has 0 aliphatic rings. The van der Waals surface area contributed by atoms with Crippen LogP contribution < -0.4 is 17.1 Å². The predicted octanol–water partition coefficient (Wildman–Crippen LogP) is 10.1. The summed E-state index contributed by atoms with van der Waals surface area (Å²) in [6.45, 7) is 36.6. The second kappa shape index (κ2) is 16.4. The van der Waals surface area contributed by atoms with Crippen molar-refractivity contribution in [1.29, 1.82) is 0 Å². The van der Waals surface area contributed by atoms with E-state index in [1.807, 2.05) is 98.7 Å². The summed E-state index contributed by atoms with van der Waals surface area (Å²) >= 11 is 0. The van der Waals surface area contributed by atoms with Gasteiger partial charge >= 0.3 is 17.1 Å². The maximum absolute atomic E-state index is 14.8. The molecule has 9 nitrogen and oxygen atoms in total. The molecule has 60 heavy (non-hydrogen) atoms. The molecule has 4 aromatic rings. The number of rotatable bonds is 9. The number of phenols is 3. The fourth-order valence-electron chi connectivity index (χ4n) is 8.03. The van der Waals surface area contributed by atoms with Crippen LogP contribution in [-0.2, 0) is 55.1 Å². The van der Waals surface area contributed by atoms with Crippen LogP contribution in [-0.4, -0.2) is 29.0 Å². The van der Waals surface area contributed by atoms with Crippen LogP contribution in [0.2, 0.25) is 0 Å². The normalized spacial score (nSPS) is 13.3. The first kappa shape index (κ1) is 48.1. The lowest BCUT2D eigenvalue weighted by Gasteiger charge is -2.27. The van der Waals surface area contributed by atoms with Crippen molar-refractivity contribution in [1.82, 2.24) is 13.7 Å². The Bertz CT molecular complexity index is 2120. The largest absolute Gasteiger partial charge is 0.507 e. The second-order valence-electron chi connectivity index (χ2n) is 24.0.